The van der Waals surface area contributed by atoms with Gasteiger partial charge >= 0.3 is 6.18 Å². The Morgan fingerprint density at radius 3 is 2.00 bits per heavy atom. The number of aryl methyl sites for hydroxylation is 2. The van der Waals surface area contributed by atoms with Crippen LogP contribution >= 0.6 is 0 Å². The molecule has 0 aliphatic heterocycles. The molecule has 27 heavy (non-hydrogen) atoms. The third-order valence-electron chi connectivity index (χ3n) is 4.82. The second kappa shape index (κ2) is 6.72. The second-order valence-corrected chi connectivity index (χ2v) is 6.80. The van der Waals surface area contributed by atoms with Crippen molar-refractivity contribution in [2.45, 2.75) is 32.9 Å². The van der Waals surface area contributed by atoms with Crippen molar-refractivity contribution in [3.8, 4) is 0 Å². The van der Waals surface area contributed by atoms with Gasteiger partial charge < -0.3 is 10.6 Å². The van der Waals surface area contributed by atoms with Crippen molar-refractivity contribution < 1.29 is 22.8 Å². The molecule has 2 aromatic carbocycles. The molecular formula is C20H19F3N2O2. The number of nitrogens with one attached hydrogen (secondary N) is 2. The molecule has 2 aromatic rings. The molecule has 1 aliphatic carbocycles. The molecular weight excluding hydrogens is 357 g/mol. The van der Waals surface area contributed by atoms with E-state index in [1.165, 1.54) is 18.2 Å². The lowest BCUT2D eigenvalue weighted by Crippen LogP contribution is -2.36. The number of anilines is 2. The first-order chi connectivity index (χ1) is 12.6. The number of carbonyl (C=O) groups is 2. The minimum absolute atomic E-state index is 0.295. The topological polar surface area (TPSA) is 58.2 Å². The molecule has 2 amide bonds. The molecule has 142 valence electrons. The Morgan fingerprint density at radius 1 is 0.889 bits per heavy atom. The summed E-state index contributed by atoms with van der Waals surface area (Å²) in [5.41, 5.74) is -0.306. The maximum atomic E-state index is 13.1. The van der Waals surface area contributed by atoms with Crippen LogP contribution in [-0.4, -0.2) is 11.8 Å². The Labute approximate surface area is 154 Å². The zero-order valence-corrected chi connectivity index (χ0v) is 14.9. The minimum atomic E-state index is -4.60. The van der Waals surface area contributed by atoms with Gasteiger partial charge in [0, 0.05) is 5.69 Å². The van der Waals surface area contributed by atoms with Gasteiger partial charge in [-0.2, -0.15) is 13.2 Å². The molecule has 1 aliphatic rings. The summed E-state index contributed by atoms with van der Waals surface area (Å²) in [5, 5.41) is 5.07. The molecule has 1 fully saturated rings. The number of rotatable bonds is 4. The summed E-state index contributed by atoms with van der Waals surface area (Å²) >= 11 is 0. The van der Waals surface area contributed by atoms with Crippen molar-refractivity contribution in [1.29, 1.82) is 0 Å². The maximum Gasteiger partial charge on any atom is 0.418 e. The van der Waals surface area contributed by atoms with E-state index in [1.807, 2.05) is 32.0 Å². The fraction of sp³-hybridized carbons (Fsp3) is 0.300. The van der Waals surface area contributed by atoms with E-state index in [2.05, 4.69) is 10.6 Å². The van der Waals surface area contributed by atoms with Crippen molar-refractivity contribution in [3.05, 3.63) is 59.2 Å². The van der Waals surface area contributed by atoms with E-state index in [-0.39, 0.29) is 5.69 Å². The van der Waals surface area contributed by atoms with Crippen molar-refractivity contribution in [1.82, 2.24) is 0 Å². The van der Waals surface area contributed by atoms with Gasteiger partial charge in [0.1, 0.15) is 5.41 Å². The zero-order valence-electron chi connectivity index (χ0n) is 14.9. The highest BCUT2D eigenvalue weighted by atomic mass is 19.4. The second-order valence-electron chi connectivity index (χ2n) is 6.80. The quantitative estimate of drug-likeness (QED) is 0.762. The highest BCUT2D eigenvalue weighted by molar-refractivity contribution is 6.17. The summed E-state index contributed by atoms with van der Waals surface area (Å²) in [7, 11) is 0. The molecule has 2 N–H and O–H groups in total. The molecule has 0 aromatic heterocycles. The Morgan fingerprint density at radius 2 is 1.44 bits per heavy atom. The summed E-state index contributed by atoms with van der Waals surface area (Å²) in [5.74, 6) is -1.22. The molecule has 4 nitrogen and oxygen atoms in total. The van der Waals surface area contributed by atoms with E-state index >= 15 is 0 Å². The molecule has 0 atom stereocenters. The standard InChI is InChI=1S/C20H19F3N2O2/c1-12-6-5-7-13(2)16(12)25-18(27)19(10-11-19)17(26)24-15-9-4-3-8-14(15)20(21,22)23/h3-9H,10-11H2,1-2H3,(H,24,26)(H,25,27). The molecule has 0 saturated heterocycles. The summed E-state index contributed by atoms with van der Waals surface area (Å²) < 4.78 is 39.3. The number of hydrogen-bond donors (Lipinski definition) is 2. The predicted octanol–water partition coefficient (Wildman–Crippen LogP) is 4.68. The van der Waals surface area contributed by atoms with Crippen LogP contribution in [0.5, 0.6) is 0 Å². The lowest BCUT2D eigenvalue weighted by atomic mass is 10.0. The van der Waals surface area contributed by atoms with E-state index in [0.717, 1.165) is 17.2 Å². The van der Waals surface area contributed by atoms with Gasteiger partial charge in [-0.25, -0.2) is 0 Å². The van der Waals surface area contributed by atoms with Crippen molar-refractivity contribution >= 4 is 23.2 Å². The van der Waals surface area contributed by atoms with Crippen LogP contribution in [0, 0.1) is 19.3 Å². The van der Waals surface area contributed by atoms with Gasteiger partial charge in [-0.3, -0.25) is 9.59 Å². The van der Waals surface area contributed by atoms with Gasteiger partial charge in [0.25, 0.3) is 0 Å². The van der Waals surface area contributed by atoms with Crippen LogP contribution in [0.4, 0.5) is 24.5 Å². The van der Waals surface area contributed by atoms with Gasteiger partial charge in [-0.1, -0.05) is 30.3 Å². The molecule has 1 saturated carbocycles. The van der Waals surface area contributed by atoms with E-state index in [0.29, 0.717) is 18.5 Å². The number of benzene rings is 2. The fourth-order valence-electron chi connectivity index (χ4n) is 3.01. The third-order valence-corrected chi connectivity index (χ3v) is 4.82. The van der Waals surface area contributed by atoms with Crippen molar-refractivity contribution in [2.24, 2.45) is 5.41 Å². The highest BCUT2D eigenvalue weighted by Crippen LogP contribution is 2.48. The van der Waals surface area contributed by atoms with E-state index < -0.39 is 29.0 Å². The summed E-state index contributed by atoms with van der Waals surface area (Å²) in [6.45, 7) is 3.67. The van der Waals surface area contributed by atoms with Gasteiger partial charge in [0.05, 0.1) is 11.3 Å². The lowest BCUT2D eigenvalue weighted by molar-refractivity contribution is -0.137. The normalized spacial score (nSPS) is 15.1. The monoisotopic (exact) mass is 376 g/mol. The molecule has 0 unspecified atom stereocenters. The van der Waals surface area contributed by atoms with Gasteiger partial charge in [0.2, 0.25) is 11.8 Å². The van der Waals surface area contributed by atoms with Gasteiger partial charge in [-0.15, -0.1) is 0 Å². The molecule has 0 spiro atoms. The molecule has 7 heteroatoms. The Balaban J connectivity index is 1.81. The van der Waals surface area contributed by atoms with E-state index in [1.54, 1.807) is 0 Å². The number of amides is 2. The average Bonchev–Trinajstić information content (AvgIpc) is 3.40. The minimum Gasteiger partial charge on any atom is -0.325 e. The molecule has 0 heterocycles. The van der Waals surface area contributed by atoms with Crippen molar-refractivity contribution in [3.63, 3.8) is 0 Å². The first-order valence-electron chi connectivity index (χ1n) is 8.50. The zero-order chi connectivity index (χ0) is 19.8. The van der Waals surface area contributed by atoms with Crippen LogP contribution in [0.1, 0.15) is 29.5 Å². The lowest BCUT2D eigenvalue weighted by Gasteiger charge is -2.19. The first kappa shape index (κ1) is 18.9. The summed E-state index contributed by atoms with van der Waals surface area (Å²) in [6.07, 6.45) is -4.01. The number of hydrogen-bond acceptors (Lipinski definition) is 2. The van der Waals surface area contributed by atoms with E-state index in [4.69, 9.17) is 0 Å². The Kier molecular flexibility index (Phi) is 4.71. The van der Waals surface area contributed by atoms with Crippen LogP contribution in [0.15, 0.2) is 42.5 Å². The summed E-state index contributed by atoms with van der Waals surface area (Å²) in [4.78, 5) is 25.4. The Bertz CT molecular complexity index is 882. The molecule has 3 rings (SSSR count). The number of halogens is 3. The summed E-state index contributed by atoms with van der Waals surface area (Å²) in [6, 6.07) is 10.3. The van der Waals surface area contributed by atoms with Crippen LogP contribution < -0.4 is 10.6 Å². The number of para-hydroxylation sites is 2. The van der Waals surface area contributed by atoms with Crippen LogP contribution in [0.3, 0.4) is 0 Å². The average molecular weight is 376 g/mol. The number of alkyl halides is 3. The molecule has 0 radical (unpaired) electrons. The van der Waals surface area contributed by atoms with Crippen LogP contribution in [0.2, 0.25) is 0 Å². The SMILES string of the molecule is Cc1cccc(C)c1NC(=O)C1(C(=O)Nc2ccccc2C(F)(F)F)CC1. The van der Waals surface area contributed by atoms with Gasteiger partial charge in [0.15, 0.2) is 0 Å². The first-order valence-corrected chi connectivity index (χ1v) is 8.50. The Hall–Kier alpha value is -2.83. The predicted molar refractivity (Wildman–Crippen MR) is 96.3 cm³/mol. The molecule has 0 bridgehead atoms. The third kappa shape index (κ3) is 3.67. The maximum absolute atomic E-state index is 13.1. The highest BCUT2D eigenvalue weighted by Gasteiger charge is 2.57. The van der Waals surface area contributed by atoms with Crippen molar-refractivity contribution in [2.75, 3.05) is 10.6 Å². The fourth-order valence-corrected chi connectivity index (χ4v) is 3.01. The largest absolute Gasteiger partial charge is 0.418 e. The smallest absolute Gasteiger partial charge is 0.325 e. The van der Waals surface area contributed by atoms with Crippen LogP contribution in [0.25, 0.3) is 0 Å². The number of carbonyl (C=O) groups excluding carboxylic acids is 2. The van der Waals surface area contributed by atoms with E-state index in [9.17, 15) is 22.8 Å². The van der Waals surface area contributed by atoms with Gasteiger partial charge in [-0.05, 0) is 49.9 Å². The van der Waals surface area contributed by atoms with Crippen LogP contribution in [-0.2, 0) is 15.8 Å².